The number of halogens is 4. The maximum absolute atomic E-state index is 14.5. The lowest BCUT2D eigenvalue weighted by molar-refractivity contribution is -0.192. The Hall–Kier alpha value is -4.27. The molecular formula is C21H18F4N6O4S. The number of nitrogens with zero attached hydrogens (tertiary/aromatic N) is 4. The summed E-state index contributed by atoms with van der Waals surface area (Å²) in [6.07, 6.45) is -1.22. The maximum Gasteiger partial charge on any atom is 0.490 e. The summed E-state index contributed by atoms with van der Waals surface area (Å²) in [5.74, 6) is -3.15. The average Bonchev–Trinajstić information content (AvgIpc) is 3.28. The first-order chi connectivity index (χ1) is 16.8. The van der Waals surface area contributed by atoms with Crippen LogP contribution in [0.3, 0.4) is 0 Å². The molecule has 0 atom stereocenters. The van der Waals surface area contributed by atoms with Crippen LogP contribution in [0.1, 0.15) is 0 Å². The minimum absolute atomic E-state index is 0.0652. The lowest BCUT2D eigenvalue weighted by Crippen LogP contribution is -2.21. The number of carbonyl (C=O) groups is 1. The number of sulfone groups is 1. The Labute approximate surface area is 201 Å². The standard InChI is InChI=1S/C19H17FN6O2S.C2HF3O2/c1-26(17-8-4-7-16-14(17)10-22-25-16)18-15(20)11-21-19(24-18)23-12-5-3-6-13(9-12)29(2,27)28;3-2(4,5)1(6)7/h3-11H,1-2H3,(H,22,25)(H,21,23,24);(H,6,7). The average molecular weight is 526 g/mol. The lowest BCUT2D eigenvalue weighted by atomic mass is 10.2. The minimum atomic E-state index is -5.08. The summed E-state index contributed by atoms with van der Waals surface area (Å²) in [4.78, 5) is 18.9. The van der Waals surface area contributed by atoms with Gasteiger partial charge >= 0.3 is 12.1 Å². The van der Waals surface area contributed by atoms with Crippen LogP contribution in [0, 0.1) is 5.82 Å². The van der Waals surface area contributed by atoms with Gasteiger partial charge in [-0.2, -0.15) is 23.3 Å². The predicted molar refractivity (Wildman–Crippen MR) is 123 cm³/mol. The van der Waals surface area contributed by atoms with Crippen molar-refractivity contribution in [1.82, 2.24) is 20.2 Å². The zero-order valence-electron chi connectivity index (χ0n) is 18.6. The third kappa shape index (κ3) is 6.24. The van der Waals surface area contributed by atoms with Crippen LogP contribution in [-0.2, 0) is 14.6 Å². The zero-order valence-corrected chi connectivity index (χ0v) is 19.4. The fourth-order valence-corrected chi connectivity index (χ4v) is 3.61. The normalized spacial score (nSPS) is 11.5. The Morgan fingerprint density at radius 2 is 1.81 bits per heavy atom. The molecule has 2 aromatic heterocycles. The molecule has 4 aromatic rings. The Kier molecular flexibility index (Phi) is 7.43. The van der Waals surface area contributed by atoms with E-state index in [1.807, 2.05) is 18.2 Å². The monoisotopic (exact) mass is 526 g/mol. The molecule has 2 aromatic carbocycles. The van der Waals surface area contributed by atoms with Crippen molar-refractivity contribution in [3.63, 3.8) is 0 Å². The molecule has 190 valence electrons. The van der Waals surface area contributed by atoms with Crippen LogP contribution >= 0.6 is 0 Å². The van der Waals surface area contributed by atoms with Crippen LogP contribution in [0.5, 0.6) is 0 Å². The molecule has 0 unspecified atom stereocenters. The lowest BCUT2D eigenvalue weighted by Gasteiger charge is -2.20. The highest BCUT2D eigenvalue weighted by molar-refractivity contribution is 7.90. The molecule has 0 radical (unpaired) electrons. The van der Waals surface area contributed by atoms with E-state index < -0.39 is 27.8 Å². The molecule has 4 rings (SSSR count). The summed E-state index contributed by atoms with van der Waals surface area (Å²) in [6, 6.07) is 11.8. The molecule has 0 aliphatic carbocycles. The van der Waals surface area contributed by atoms with Crippen molar-refractivity contribution < 1.29 is 35.9 Å². The number of aromatic nitrogens is 4. The number of carboxylic acid groups (broad SMARTS) is 1. The molecule has 0 spiro atoms. The van der Waals surface area contributed by atoms with Crippen molar-refractivity contribution in [2.75, 3.05) is 23.5 Å². The third-order valence-corrected chi connectivity index (χ3v) is 5.74. The van der Waals surface area contributed by atoms with Crippen molar-refractivity contribution in [1.29, 1.82) is 0 Å². The summed E-state index contributed by atoms with van der Waals surface area (Å²) in [5, 5.41) is 17.8. The van der Waals surface area contributed by atoms with E-state index >= 15 is 0 Å². The Morgan fingerprint density at radius 3 is 2.44 bits per heavy atom. The fourth-order valence-electron chi connectivity index (χ4n) is 2.95. The van der Waals surface area contributed by atoms with Crippen LogP contribution in [0.15, 0.2) is 59.8 Å². The van der Waals surface area contributed by atoms with Gasteiger partial charge in [0.1, 0.15) is 0 Å². The first-order valence-corrected chi connectivity index (χ1v) is 11.7. The smallest absolute Gasteiger partial charge is 0.475 e. The van der Waals surface area contributed by atoms with Crippen LogP contribution in [0.2, 0.25) is 0 Å². The maximum atomic E-state index is 14.5. The van der Waals surface area contributed by atoms with E-state index in [0.29, 0.717) is 5.69 Å². The van der Waals surface area contributed by atoms with Crippen molar-refractivity contribution >= 4 is 49.9 Å². The predicted octanol–water partition coefficient (Wildman–Crippen LogP) is 4.04. The molecule has 0 bridgehead atoms. The Bertz CT molecular complexity index is 1510. The minimum Gasteiger partial charge on any atom is -0.475 e. The number of H-pyrrole nitrogens is 1. The van der Waals surface area contributed by atoms with Gasteiger partial charge < -0.3 is 15.3 Å². The number of fused-ring (bicyclic) bond motifs is 1. The molecule has 2 heterocycles. The first-order valence-electron chi connectivity index (χ1n) is 9.83. The first kappa shape index (κ1) is 26.3. The van der Waals surface area contributed by atoms with E-state index in [0.717, 1.165) is 29.0 Å². The summed E-state index contributed by atoms with van der Waals surface area (Å²) in [5.41, 5.74) is 2.02. The molecule has 10 nitrogen and oxygen atoms in total. The Morgan fingerprint density at radius 1 is 1.14 bits per heavy atom. The fraction of sp³-hybridized carbons (Fsp3) is 0.143. The molecule has 0 amide bonds. The van der Waals surface area contributed by atoms with E-state index in [2.05, 4.69) is 25.5 Å². The number of alkyl halides is 3. The van der Waals surface area contributed by atoms with Gasteiger partial charge in [-0.25, -0.2) is 22.6 Å². The van der Waals surface area contributed by atoms with Crippen molar-refractivity contribution in [3.05, 3.63) is 60.7 Å². The second kappa shape index (κ2) is 10.2. The van der Waals surface area contributed by atoms with Gasteiger partial charge in [0, 0.05) is 24.4 Å². The molecule has 0 saturated heterocycles. The number of benzene rings is 2. The largest absolute Gasteiger partial charge is 0.490 e. The second-order valence-electron chi connectivity index (χ2n) is 7.26. The van der Waals surface area contributed by atoms with E-state index in [9.17, 15) is 26.0 Å². The number of rotatable bonds is 5. The molecular weight excluding hydrogens is 508 g/mol. The summed E-state index contributed by atoms with van der Waals surface area (Å²) >= 11 is 0. The summed E-state index contributed by atoms with van der Waals surface area (Å²) in [6.45, 7) is 0. The summed E-state index contributed by atoms with van der Waals surface area (Å²) in [7, 11) is -1.66. The van der Waals surface area contributed by atoms with Gasteiger partial charge in [0.15, 0.2) is 21.5 Å². The number of aliphatic carboxylic acids is 1. The molecule has 36 heavy (non-hydrogen) atoms. The number of carboxylic acids is 1. The number of nitrogens with one attached hydrogen (secondary N) is 2. The van der Waals surface area contributed by atoms with Crippen LogP contribution < -0.4 is 10.2 Å². The van der Waals surface area contributed by atoms with Gasteiger partial charge in [-0.1, -0.05) is 12.1 Å². The highest BCUT2D eigenvalue weighted by Gasteiger charge is 2.38. The highest BCUT2D eigenvalue weighted by Crippen LogP contribution is 2.31. The SMILES string of the molecule is CN(c1nc(Nc2cccc(S(C)(=O)=O)c2)ncc1F)c1cccc2[nH]ncc12.O=C(O)C(F)(F)F. The quantitative estimate of drug-likeness (QED) is 0.329. The van der Waals surface area contributed by atoms with Gasteiger partial charge in [-0.15, -0.1) is 0 Å². The van der Waals surface area contributed by atoms with E-state index in [-0.39, 0.29) is 16.7 Å². The molecule has 0 saturated carbocycles. The Balaban J connectivity index is 0.000000454. The van der Waals surface area contributed by atoms with Crippen molar-refractivity contribution in [2.24, 2.45) is 0 Å². The molecule has 0 fully saturated rings. The number of hydrogen-bond acceptors (Lipinski definition) is 8. The highest BCUT2D eigenvalue weighted by atomic mass is 32.2. The van der Waals surface area contributed by atoms with Gasteiger partial charge in [0.2, 0.25) is 5.95 Å². The number of hydrogen-bond donors (Lipinski definition) is 3. The number of aromatic amines is 1. The summed E-state index contributed by atoms with van der Waals surface area (Å²) < 4.78 is 69.7. The molecule has 0 aliphatic heterocycles. The number of anilines is 4. The zero-order chi connectivity index (χ0) is 26.7. The van der Waals surface area contributed by atoms with Gasteiger partial charge in [-0.3, -0.25) is 5.10 Å². The van der Waals surface area contributed by atoms with Gasteiger partial charge in [0.25, 0.3) is 0 Å². The van der Waals surface area contributed by atoms with Crippen LogP contribution in [0.25, 0.3) is 10.9 Å². The molecule has 0 aliphatic rings. The van der Waals surface area contributed by atoms with Crippen LogP contribution in [0.4, 0.5) is 40.7 Å². The van der Waals surface area contributed by atoms with Gasteiger partial charge in [0.05, 0.1) is 28.5 Å². The van der Waals surface area contributed by atoms with Crippen molar-refractivity contribution in [3.8, 4) is 0 Å². The van der Waals surface area contributed by atoms with Crippen LogP contribution in [-0.4, -0.2) is 59.1 Å². The topological polar surface area (TPSA) is 141 Å². The van der Waals surface area contributed by atoms with E-state index in [1.165, 1.54) is 12.1 Å². The second-order valence-corrected chi connectivity index (χ2v) is 9.28. The van der Waals surface area contributed by atoms with E-state index in [4.69, 9.17) is 9.90 Å². The molecule has 15 heteroatoms. The van der Waals surface area contributed by atoms with Gasteiger partial charge in [-0.05, 0) is 30.3 Å². The molecule has 3 N–H and O–H groups in total. The van der Waals surface area contributed by atoms with Crippen molar-refractivity contribution in [2.45, 2.75) is 11.1 Å². The van der Waals surface area contributed by atoms with E-state index in [1.54, 1.807) is 30.3 Å². The third-order valence-electron chi connectivity index (χ3n) is 4.63.